The van der Waals surface area contributed by atoms with E-state index in [2.05, 4.69) is 36.4 Å². The van der Waals surface area contributed by atoms with Crippen LogP contribution < -0.4 is 23.7 Å². The molecule has 0 bridgehead atoms. The van der Waals surface area contributed by atoms with Gasteiger partial charge >= 0.3 is 11.9 Å². The van der Waals surface area contributed by atoms with Crippen LogP contribution in [0.3, 0.4) is 0 Å². The van der Waals surface area contributed by atoms with Crippen LogP contribution >= 0.6 is 0 Å². The molecule has 0 saturated heterocycles. The van der Waals surface area contributed by atoms with Crippen LogP contribution in [0.15, 0.2) is 121 Å². The molecule has 326 valence electrons. The van der Waals surface area contributed by atoms with Crippen molar-refractivity contribution in [2.75, 3.05) is 28.4 Å². The summed E-state index contributed by atoms with van der Waals surface area (Å²) in [4.78, 5) is 23.8. The van der Waals surface area contributed by atoms with Gasteiger partial charge in [-0.25, -0.2) is 9.59 Å². The first-order chi connectivity index (χ1) is 31.1. The molecule has 9 nitrogen and oxygen atoms in total. The quantitative estimate of drug-likeness (QED) is 0.0820. The number of fused-ring (bicyclic) bond motifs is 2. The Morgan fingerprint density at radius 3 is 1.73 bits per heavy atom. The average molecular weight is 857 g/mol. The zero-order chi connectivity index (χ0) is 44.7. The van der Waals surface area contributed by atoms with Crippen LogP contribution in [0.2, 0.25) is 0 Å². The monoisotopic (exact) mass is 856 g/mol. The number of methoxy groups -OCH3 is 4. The standard InChI is InChI=1S/C55H52O9/c1-60-45-27-36(28-46(31-45)61-2)26-43-19-17-40-20-23-51(63-4)50(53(40)43)22-12-35-11-21-49(55(58)59)44(24-35)33-64-48-30-37(29-47(32-48)62-3)25-42-18-16-39-7-5-6-38(52(39)42)13-8-34-9-14-41(15-10-34)54(56)57/h5-7,9-11,14-15,18-21,23-24,27-32H,8,12-13,16-17,22,25-26,33H2,1-4H3,(H,56,57)(H,58,59). The molecule has 8 rings (SSSR count). The molecule has 64 heavy (non-hydrogen) atoms. The maximum absolute atomic E-state index is 12.5. The van der Waals surface area contributed by atoms with Crippen molar-refractivity contribution in [3.05, 3.63) is 194 Å². The first-order valence-corrected chi connectivity index (χ1v) is 21.5. The fraction of sp³-hybridized carbons (Fsp3) is 0.236. The lowest BCUT2D eigenvalue weighted by atomic mass is 9.90. The summed E-state index contributed by atoms with van der Waals surface area (Å²) in [5.41, 5.74) is 15.1. The molecule has 0 heterocycles. The number of carboxylic acid groups (broad SMARTS) is 2. The minimum absolute atomic E-state index is 0.0617. The Morgan fingerprint density at radius 1 is 0.516 bits per heavy atom. The van der Waals surface area contributed by atoms with Crippen molar-refractivity contribution in [1.29, 1.82) is 0 Å². The van der Waals surface area contributed by atoms with Gasteiger partial charge in [0.1, 0.15) is 35.4 Å². The van der Waals surface area contributed by atoms with Crippen molar-refractivity contribution >= 4 is 23.1 Å². The molecule has 0 saturated carbocycles. The van der Waals surface area contributed by atoms with Crippen LogP contribution in [0.4, 0.5) is 0 Å². The molecule has 0 aromatic heterocycles. The number of hydrogen-bond acceptors (Lipinski definition) is 7. The maximum Gasteiger partial charge on any atom is 0.336 e. The smallest absolute Gasteiger partial charge is 0.336 e. The molecule has 9 heteroatoms. The second kappa shape index (κ2) is 19.4. The Hall–Kier alpha value is -7.26. The topological polar surface area (TPSA) is 121 Å². The van der Waals surface area contributed by atoms with E-state index >= 15 is 0 Å². The molecule has 0 fully saturated rings. The van der Waals surface area contributed by atoms with Gasteiger partial charge in [0.05, 0.1) is 39.6 Å². The fourth-order valence-electron chi connectivity index (χ4n) is 9.12. The van der Waals surface area contributed by atoms with E-state index in [0.717, 1.165) is 70.7 Å². The Bertz CT molecular complexity index is 2760. The number of carboxylic acids is 2. The third-order valence-corrected chi connectivity index (χ3v) is 12.3. The summed E-state index contributed by atoms with van der Waals surface area (Å²) in [6.45, 7) is 0.0617. The summed E-state index contributed by atoms with van der Waals surface area (Å²) >= 11 is 0. The van der Waals surface area contributed by atoms with Crippen LogP contribution in [0.25, 0.3) is 11.1 Å². The number of rotatable bonds is 19. The molecule has 0 aliphatic heterocycles. The summed E-state index contributed by atoms with van der Waals surface area (Å²) in [7, 11) is 6.65. The van der Waals surface area contributed by atoms with E-state index in [1.165, 1.54) is 39.0 Å². The molecular weight excluding hydrogens is 805 g/mol. The van der Waals surface area contributed by atoms with Gasteiger partial charge in [-0.3, -0.25) is 0 Å². The van der Waals surface area contributed by atoms with Crippen LogP contribution in [-0.2, 0) is 58.0 Å². The molecule has 6 aromatic rings. The summed E-state index contributed by atoms with van der Waals surface area (Å²) in [6, 6.07) is 35.1. The highest BCUT2D eigenvalue weighted by Gasteiger charge is 2.23. The number of ether oxygens (including phenoxy) is 5. The molecule has 0 radical (unpaired) electrons. The molecule has 0 unspecified atom stereocenters. The predicted molar refractivity (Wildman–Crippen MR) is 249 cm³/mol. The fourth-order valence-corrected chi connectivity index (χ4v) is 9.12. The highest BCUT2D eigenvalue weighted by atomic mass is 16.5. The van der Waals surface area contributed by atoms with Gasteiger partial charge in [0.2, 0.25) is 0 Å². The van der Waals surface area contributed by atoms with Gasteiger partial charge in [-0.1, -0.05) is 60.7 Å². The number of carbonyl (C=O) groups is 2. The predicted octanol–water partition coefficient (Wildman–Crippen LogP) is 10.6. The van der Waals surface area contributed by atoms with Crippen LogP contribution in [0, 0.1) is 0 Å². The molecule has 6 aromatic carbocycles. The summed E-state index contributed by atoms with van der Waals surface area (Å²) in [5, 5.41) is 19.5. The van der Waals surface area contributed by atoms with Crippen molar-refractivity contribution in [2.45, 2.75) is 58.0 Å². The molecule has 0 amide bonds. The SMILES string of the molecule is COc1cc(CC2=CCc3ccc(OC)c(CCc4ccc(C(=O)O)c(COc5cc(CC6=CCc7cccc(CCc8ccc(C(=O)O)cc8)c76)cc(OC)c5)c4)c32)cc(OC)c1. The van der Waals surface area contributed by atoms with Crippen molar-refractivity contribution in [3.63, 3.8) is 0 Å². The van der Waals surface area contributed by atoms with Gasteiger partial charge in [0, 0.05) is 23.3 Å². The largest absolute Gasteiger partial charge is 0.497 e. The second-order valence-electron chi connectivity index (χ2n) is 16.3. The van der Waals surface area contributed by atoms with E-state index in [4.69, 9.17) is 23.7 Å². The number of aromatic carboxylic acids is 2. The molecule has 2 N–H and O–H groups in total. The Morgan fingerprint density at radius 2 is 1.11 bits per heavy atom. The van der Waals surface area contributed by atoms with E-state index in [1.54, 1.807) is 46.6 Å². The number of aryl methyl sites for hydroxylation is 3. The van der Waals surface area contributed by atoms with Gasteiger partial charge in [-0.2, -0.15) is 0 Å². The van der Waals surface area contributed by atoms with E-state index in [0.29, 0.717) is 42.7 Å². The molecular formula is C55H52O9. The van der Waals surface area contributed by atoms with Gasteiger partial charge in [-0.15, -0.1) is 0 Å². The Kier molecular flexibility index (Phi) is 13.2. The van der Waals surface area contributed by atoms with E-state index in [9.17, 15) is 19.8 Å². The van der Waals surface area contributed by atoms with E-state index in [-0.39, 0.29) is 17.7 Å². The minimum Gasteiger partial charge on any atom is -0.497 e. The lowest BCUT2D eigenvalue weighted by Gasteiger charge is -2.18. The zero-order valence-corrected chi connectivity index (χ0v) is 36.7. The van der Waals surface area contributed by atoms with Crippen molar-refractivity contribution in [3.8, 4) is 28.7 Å². The number of allylic oxidation sites excluding steroid dienone is 4. The number of hydrogen-bond donors (Lipinski definition) is 2. The lowest BCUT2D eigenvalue weighted by molar-refractivity contribution is 0.0684. The van der Waals surface area contributed by atoms with E-state index < -0.39 is 11.9 Å². The molecule has 0 atom stereocenters. The van der Waals surface area contributed by atoms with E-state index in [1.807, 2.05) is 66.7 Å². The summed E-state index contributed by atoms with van der Waals surface area (Å²) in [6.07, 6.45) is 10.6. The van der Waals surface area contributed by atoms with Crippen LogP contribution in [0.5, 0.6) is 28.7 Å². The van der Waals surface area contributed by atoms with Crippen molar-refractivity contribution in [2.24, 2.45) is 0 Å². The Labute approximate surface area is 374 Å². The summed E-state index contributed by atoms with van der Waals surface area (Å²) in [5.74, 6) is 1.62. The molecule has 2 aliphatic carbocycles. The van der Waals surface area contributed by atoms with Crippen LogP contribution in [0.1, 0.15) is 81.9 Å². The lowest BCUT2D eigenvalue weighted by Crippen LogP contribution is -2.08. The van der Waals surface area contributed by atoms with Crippen LogP contribution in [-0.4, -0.2) is 50.6 Å². The molecule has 2 aliphatic rings. The van der Waals surface area contributed by atoms with Gasteiger partial charge < -0.3 is 33.9 Å². The van der Waals surface area contributed by atoms with Gasteiger partial charge in [0.15, 0.2) is 0 Å². The highest BCUT2D eigenvalue weighted by Crippen LogP contribution is 2.40. The van der Waals surface area contributed by atoms with Crippen molar-refractivity contribution < 1.29 is 43.5 Å². The minimum atomic E-state index is -1.01. The Balaban J connectivity index is 0.980. The first-order valence-electron chi connectivity index (χ1n) is 21.5. The number of benzene rings is 6. The maximum atomic E-state index is 12.5. The highest BCUT2D eigenvalue weighted by molar-refractivity contribution is 5.89. The normalized spacial score (nSPS) is 12.5. The third-order valence-electron chi connectivity index (χ3n) is 12.3. The summed E-state index contributed by atoms with van der Waals surface area (Å²) < 4.78 is 29.2. The zero-order valence-electron chi connectivity index (χ0n) is 36.7. The van der Waals surface area contributed by atoms with Crippen molar-refractivity contribution in [1.82, 2.24) is 0 Å². The second-order valence-corrected chi connectivity index (χ2v) is 16.3. The third kappa shape index (κ3) is 9.69. The molecule has 0 spiro atoms. The van der Waals surface area contributed by atoms with Gasteiger partial charge in [-0.05, 0) is 161 Å². The average Bonchev–Trinajstić information content (AvgIpc) is 3.93. The van der Waals surface area contributed by atoms with Gasteiger partial charge in [0.25, 0.3) is 0 Å². The first kappa shape index (κ1) is 43.4.